The lowest BCUT2D eigenvalue weighted by Gasteiger charge is -2.28. The fraction of sp³-hybridized carbons (Fsp3) is 0.211. The number of nitrogens with zero attached hydrogens (tertiary/aromatic N) is 2. The summed E-state index contributed by atoms with van der Waals surface area (Å²) in [6.45, 7) is 3.25. The number of hydrogen-bond acceptors (Lipinski definition) is 6. The SMILES string of the molecule is O=C(NC(=S)Nc1nc2ccc(N3CCOCC3)cc2s1)c1ccccc1Cl. The van der Waals surface area contributed by atoms with Crippen LogP contribution in [0.3, 0.4) is 0 Å². The zero-order valence-corrected chi connectivity index (χ0v) is 17.2. The summed E-state index contributed by atoms with van der Waals surface area (Å²) in [5.74, 6) is -0.362. The average Bonchev–Trinajstić information content (AvgIpc) is 3.10. The van der Waals surface area contributed by atoms with E-state index in [0.717, 1.165) is 42.2 Å². The Morgan fingerprint density at radius 2 is 2.00 bits per heavy atom. The molecule has 0 aliphatic carbocycles. The van der Waals surface area contributed by atoms with Gasteiger partial charge in [-0.2, -0.15) is 0 Å². The Kier molecular flexibility index (Phi) is 5.72. The maximum atomic E-state index is 12.3. The van der Waals surface area contributed by atoms with Gasteiger partial charge in [0.25, 0.3) is 5.91 Å². The summed E-state index contributed by atoms with van der Waals surface area (Å²) in [6.07, 6.45) is 0. The van der Waals surface area contributed by atoms with Crippen molar-refractivity contribution in [1.29, 1.82) is 0 Å². The van der Waals surface area contributed by atoms with Crippen LogP contribution in [0.1, 0.15) is 10.4 Å². The van der Waals surface area contributed by atoms with Gasteiger partial charge in [0.05, 0.1) is 34.0 Å². The Balaban J connectivity index is 1.44. The number of carbonyl (C=O) groups is 1. The predicted octanol–water partition coefficient (Wildman–Crippen LogP) is 3.91. The second-order valence-corrected chi connectivity index (χ2v) is 8.00. The minimum atomic E-state index is -0.362. The van der Waals surface area contributed by atoms with Gasteiger partial charge in [0.2, 0.25) is 0 Å². The van der Waals surface area contributed by atoms with E-state index >= 15 is 0 Å². The van der Waals surface area contributed by atoms with E-state index in [2.05, 4.69) is 32.7 Å². The van der Waals surface area contributed by atoms with Crippen molar-refractivity contribution in [1.82, 2.24) is 10.3 Å². The number of morpholine rings is 1. The molecule has 9 heteroatoms. The number of anilines is 2. The molecule has 1 aliphatic heterocycles. The molecule has 0 saturated carbocycles. The molecule has 0 bridgehead atoms. The molecular weight excluding hydrogens is 416 g/mol. The van der Waals surface area contributed by atoms with Gasteiger partial charge in [-0.25, -0.2) is 4.98 Å². The van der Waals surface area contributed by atoms with Gasteiger partial charge in [-0.3, -0.25) is 10.1 Å². The number of ether oxygens (including phenoxy) is 1. The molecule has 2 N–H and O–H groups in total. The topological polar surface area (TPSA) is 66.5 Å². The van der Waals surface area contributed by atoms with Gasteiger partial charge in [0, 0.05) is 18.8 Å². The van der Waals surface area contributed by atoms with Crippen LogP contribution in [0.25, 0.3) is 10.2 Å². The molecule has 3 aromatic rings. The van der Waals surface area contributed by atoms with Crippen LogP contribution in [0.5, 0.6) is 0 Å². The summed E-state index contributed by atoms with van der Waals surface area (Å²) in [5, 5.41) is 6.79. The van der Waals surface area contributed by atoms with Gasteiger partial charge in [-0.15, -0.1) is 0 Å². The molecule has 2 aromatic carbocycles. The summed E-state index contributed by atoms with van der Waals surface area (Å²) in [5.41, 5.74) is 2.40. The maximum Gasteiger partial charge on any atom is 0.258 e. The van der Waals surface area contributed by atoms with Gasteiger partial charge < -0.3 is 15.0 Å². The molecule has 6 nitrogen and oxygen atoms in total. The van der Waals surface area contributed by atoms with Crippen molar-refractivity contribution in [3.8, 4) is 0 Å². The number of fused-ring (bicyclic) bond motifs is 1. The first-order valence-corrected chi connectivity index (χ1v) is 10.3. The molecule has 1 fully saturated rings. The fourth-order valence-corrected chi connectivity index (χ4v) is 4.31. The number of carbonyl (C=O) groups excluding carboxylic acids is 1. The first-order chi connectivity index (χ1) is 13.6. The van der Waals surface area contributed by atoms with Gasteiger partial charge >= 0.3 is 0 Å². The fourth-order valence-electron chi connectivity index (χ4n) is 2.93. The largest absolute Gasteiger partial charge is 0.378 e. The summed E-state index contributed by atoms with van der Waals surface area (Å²) in [4.78, 5) is 19.1. The minimum Gasteiger partial charge on any atom is -0.378 e. The maximum absolute atomic E-state index is 12.3. The van der Waals surface area contributed by atoms with E-state index in [1.165, 1.54) is 11.3 Å². The highest BCUT2D eigenvalue weighted by molar-refractivity contribution is 7.80. The monoisotopic (exact) mass is 432 g/mol. The van der Waals surface area contributed by atoms with E-state index in [-0.39, 0.29) is 11.0 Å². The Bertz CT molecular complexity index is 1030. The molecule has 0 atom stereocenters. The van der Waals surface area contributed by atoms with Gasteiger partial charge in [0.15, 0.2) is 10.2 Å². The number of aromatic nitrogens is 1. The van der Waals surface area contributed by atoms with Crippen LogP contribution in [-0.4, -0.2) is 42.3 Å². The number of amides is 1. The number of nitrogens with one attached hydrogen (secondary N) is 2. The van der Waals surface area contributed by atoms with Crippen molar-refractivity contribution in [3.05, 3.63) is 53.1 Å². The Labute approximate surface area is 176 Å². The first-order valence-electron chi connectivity index (χ1n) is 8.70. The van der Waals surface area contributed by atoms with Crippen molar-refractivity contribution in [2.45, 2.75) is 0 Å². The van der Waals surface area contributed by atoms with Crippen molar-refractivity contribution >= 4 is 67.2 Å². The molecule has 28 heavy (non-hydrogen) atoms. The molecular formula is C19H17ClN4O2S2. The van der Waals surface area contributed by atoms with Crippen molar-refractivity contribution in [3.63, 3.8) is 0 Å². The molecule has 0 radical (unpaired) electrons. The Hall–Kier alpha value is -2.26. The summed E-state index contributed by atoms with van der Waals surface area (Å²) >= 11 is 12.8. The second kappa shape index (κ2) is 8.40. The van der Waals surface area contributed by atoms with Crippen LogP contribution in [0.4, 0.5) is 10.8 Å². The third-order valence-electron chi connectivity index (χ3n) is 4.31. The highest BCUT2D eigenvalue weighted by Crippen LogP contribution is 2.30. The van der Waals surface area contributed by atoms with Crippen LogP contribution in [-0.2, 0) is 4.74 Å². The smallest absolute Gasteiger partial charge is 0.258 e. The van der Waals surface area contributed by atoms with E-state index in [9.17, 15) is 4.79 Å². The highest BCUT2D eigenvalue weighted by Gasteiger charge is 2.15. The molecule has 1 saturated heterocycles. The molecule has 0 unspecified atom stereocenters. The Morgan fingerprint density at radius 1 is 1.21 bits per heavy atom. The predicted molar refractivity (Wildman–Crippen MR) is 118 cm³/mol. The van der Waals surface area contributed by atoms with Crippen LogP contribution in [0.15, 0.2) is 42.5 Å². The van der Waals surface area contributed by atoms with Crippen molar-refractivity contribution < 1.29 is 9.53 Å². The third-order valence-corrected chi connectivity index (χ3v) is 5.78. The number of thiazole rings is 1. The van der Waals surface area contributed by atoms with Gasteiger partial charge in [0.1, 0.15) is 0 Å². The minimum absolute atomic E-state index is 0.178. The molecule has 4 rings (SSSR count). The van der Waals surface area contributed by atoms with E-state index in [1.807, 2.05) is 6.07 Å². The van der Waals surface area contributed by atoms with Crippen LogP contribution >= 0.6 is 35.2 Å². The molecule has 1 aliphatic rings. The lowest BCUT2D eigenvalue weighted by Crippen LogP contribution is -2.36. The lowest BCUT2D eigenvalue weighted by atomic mass is 10.2. The molecule has 1 amide bonds. The standard InChI is InChI=1S/C19H17ClN4O2S2/c20-14-4-2-1-3-13(14)17(25)22-18(27)23-19-21-15-6-5-12(11-16(15)28-19)24-7-9-26-10-8-24/h1-6,11H,7-10H2,(H2,21,22,23,25,27). The average molecular weight is 433 g/mol. The number of rotatable bonds is 3. The first kappa shape index (κ1) is 19.1. The summed E-state index contributed by atoms with van der Waals surface area (Å²) < 4.78 is 6.46. The van der Waals surface area contributed by atoms with Crippen molar-refractivity contribution in [2.24, 2.45) is 0 Å². The number of hydrogen-bond donors (Lipinski definition) is 2. The quantitative estimate of drug-likeness (QED) is 0.611. The van der Waals surface area contributed by atoms with E-state index in [1.54, 1.807) is 24.3 Å². The third kappa shape index (κ3) is 4.25. The summed E-state index contributed by atoms with van der Waals surface area (Å²) in [7, 11) is 0. The number of benzene rings is 2. The zero-order chi connectivity index (χ0) is 19.5. The van der Waals surface area contributed by atoms with Gasteiger partial charge in [-0.05, 0) is 42.5 Å². The van der Waals surface area contributed by atoms with E-state index in [0.29, 0.717) is 15.7 Å². The van der Waals surface area contributed by atoms with E-state index < -0.39 is 0 Å². The second-order valence-electron chi connectivity index (χ2n) is 6.16. The lowest BCUT2D eigenvalue weighted by molar-refractivity contribution is 0.0978. The molecule has 144 valence electrons. The molecule has 2 heterocycles. The van der Waals surface area contributed by atoms with Crippen LogP contribution in [0.2, 0.25) is 5.02 Å². The number of thiocarbonyl (C=S) groups is 1. The summed E-state index contributed by atoms with van der Waals surface area (Å²) in [6, 6.07) is 13.0. The van der Waals surface area contributed by atoms with Crippen LogP contribution < -0.4 is 15.5 Å². The van der Waals surface area contributed by atoms with Gasteiger partial charge in [-0.1, -0.05) is 35.1 Å². The molecule has 1 aromatic heterocycles. The Morgan fingerprint density at radius 3 is 2.79 bits per heavy atom. The zero-order valence-electron chi connectivity index (χ0n) is 14.8. The normalized spacial score (nSPS) is 14.1. The van der Waals surface area contributed by atoms with Crippen molar-refractivity contribution in [2.75, 3.05) is 36.5 Å². The molecule has 0 spiro atoms. The van der Waals surface area contributed by atoms with E-state index in [4.69, 9.17) is 28.6 Å². The van der Waals surface area contributed by atoms with Crippen LogP contribution in [0, 0.1) is 0 Å². The highest BCUT2D eigenvalue weighted by atomic mass is 35.5. The number of halogens is 1.